The molecule has 0 radical (unpaired) electrons. The molecule has 2 nitrogen and oxygen atoms in total. The second kappa shape index (κ2) is 6.02. The van der Waals surface area contributed by atoms with Crippen molar-refractivity contribution in [3.8, 4) is 0 Å². The molecular weight excluding hydrogens is 278 g/mol. The molecule has 0 aliphatic rings. The number of para-hydroxylation sites is 1. The molecule has 2 rings (SSSR count). The van der Waals surface area contributed by atoms with Crippen LogP contribution in [0.1, 0.15) is 0 Å². The lowest BCUT2D eigenvalue weighted by atomic mass is 10.3. The summed E-state index contributed by atoms with van der Waals surface area (Å²) in [6.07, 6.45) is 1.55. The fourth-order valence-corrected chi connectivity index (χ4v) is 2.17. The van der Waals surface area contributed by atoms with Crippen LogP contribution in [-0.2, 0) is 0 Å². The minimum absolute atomic E-state index is 0.346. The van der Waals surface area contributed by atoms with Crippen molar-refractivity contribution in [2.75, 3.05) is 5.32 Å². The van der Waals surface area contributed by atoms with E-state index in [0.29, 0.717) is 33.2 Å². The molecule has 1 heterocycles. The highest BCUT2D eigenvalue weighted by molar-refractivity contribution is 7.99. The smallest absolute Gasteiger partial charge is 0.288 e. The number of hydrogen-bond acceptors (Lipinski definition) is 3. The number of hydrogen-bond donors (Lipinski definition) is 1. The van der Waals surface area contributed by atoms with Gasteiger partial charge in [-0.25, -0.2) is 4.98 Å². The lowest BCUT2D eigenvalue weighted by Crippen LogP contribution is -1.94. The molecule has 0 aliphatic heterocycles. The third kappa shape index (κ3) is 3.58. The highest BCUT2D eigenvalue weighted by Gasteiger charge is 2.09. The molecule has 0 saturated carbocycles. The quantitative estimate of drug-likeness (QED) is 0.646. The van der Waals surface area contributed by atoms with Gasteiger partial charge < -0.3 is 5.32 Å². The molecule has 0 fully saturated rings. The van der Waals surface area contributed by atoms with Crippen molar-refractivity contribution >= 4 is 34.7 Å². The normalized spacial score (nSPS) is 10.7. The molecule has 0 amide bonds. The summed E-state index contributed by atoms with van der Waals surface area (Å²) in [5, 5.41) is 3.39. The summed E-state index contributed by atoms with van der Waals surface area (Å²) < 4.78 is 24.8. The first-order valence-corrected chi connectivity index (χ1v) is 6.33. The Bertz CT molecular complexity index is 537. The first kappa shape index (κ1) is 13.1. The largest absolute Gasteiger partial charge is 0.354 e. The van der Waals surface area contributed by atoms with Gasteiger partial charge in [-0.05, 0) is 24.3 Å². The lowest BCUT2D eigenvalue weighted by Gasteiger charge is -2.11. The van der Waals surface area contributed by atoms with Crippen molar-refractivity contribution in [3.63, 3.8) is 0 Å². The molecule has 0 aliphatic carbocycles. The highest BCUT2D eigenvalue weighted by atomic mass is 35.5. The average Bonchev–Trinajstić information content (AvgIpc) is 2.31. The van der Waals surface area contributed by atoms with E-state index >= 15 is 0 Å². The fourth-order valence-electron chi connectivity index (χ4n) is 1.40. The molecule has 2 aromatic rings. The van der Waals surface area contributed by atoms with Crippen LogP contribution in [0.5, 0.6) is 0 Å². The highest BCUT2D eigenvalue weighted by Crippen LogP contribution is 2.33. The summed E-state index contributed by atoms with van der Waals surface area (Å²) in [4.78, 5) is 4.34. The van der Waals surface area contributed by atoms with Gasteiger partial charge in [0, 0.05) is 16.8 Å². The molecule has 6 heteroatoms. The molecule has 94 valence electrons. The van der Waals surface area contributed by atoms with Gasteiger partial charge in [0.05, 0.1) is 5.69 Å². The third-order valence-electron chi connectivity index (χ3n) is 2.11. The van der Waals surface area contributed by atoms with E-state index in [0.717, 1.165) is 0 Å². The zero-order valence-corrected chi connectivity index (χ0v) is 10.7. The Hall–Kier alpha value is -1.33. The topological polar surface area (TPSA) is 24.9 Å². The summed E-state index contributed by atoms with van der Waals surface area (Å²) in [5.74, 6) is -2.45. The maximum Gasteiger partial charge on any atom is 0.288 e. The van der Waals surface area contributed by atoms with Gasteiger partial charge in [0.1, 0.15) is 5.15 Å². The zero-order valence-electron chi connectivity index (χ0n) is 9.11. The van der Waals surface area contributed by atoms with E-state index in [1.165, 1.54) is 0 Å². The first-order chi connectivity index (χ1) is 8.65. The van der Waals surface area contributed by atoms with Crippen LogP contribution in [0, 0.1) is 0 Å². The lowest BCUT2D eigenvalue weighted by molar-refractivity contribution is 0.252. The van der Waals surface area contributed by atoms with E-state index in [1.807, 2.05) is 0 Å². The van der Waals surface area contributed by atoms with Gasteiger partial charge in [0.25, 0.3) is 5.76 Å². The van der Waals surface area contributed by atoms with Crippen molar-refractivity contribution in [3.05, 3.63) is 47.7 Å². The monoisotopic (exact) mass is 286 g/mol. The molecule has 1 aromatic carbocycles. The van der Waals surface area contributed by atoms with Crippen LogP contribution in [0.3, 0.4) is 0 Å². The maximum atomic E-state index is 12.4. The SMILES string of the molecule is FC(F)Sc1ccccc1Nc1ccnc(Cl)c1. The summed E-state index contributed by atoms with van der Waals surface area (Å²) in [7, 11) is 0. The van der Waals surface area contributed by atoms with Gasteiger partial charge in [-0.2, -0.15) is 8.78 Å². The van der Waals surface area contributed by atoms with Crippen molar-refractivity contribution in [1.82, 2.24) is 4.98 Å². The van der Waals surface area contributed by atoms with Crippen LogP contribution < -0.4 is 5.32 Å². The predicted molar refractivity (Wildman–Crippen MR) is 70.8 cm³/mol. The Balaban J connectivity index is 2.23. The molecule has 0 bridgehead atoms. The molecule has 0 spiro atoms. The minimum Gasteiger partial charge on any atom is -0.354 e. The first-order valence-electron chi connectivity index (χ1n) is 5.07. The van der Waals surface area contributed by atoms with E-state index in [-0.39, 0.29) is 0 Å². The molecule has 1 N–H and O–H groups in total. The Morgan fingerprint density at radius 2 is 2.00 bits per heavy atom. The van der Waals surface area contributed by atoms with E-state index in [1.54, 1.807) is 42.6 Å². The summed E-state index contributed by atoms with van der Waals surface area (Å²) in [5.41, 5.74) is 1.32. The summed E-state index contributed by atoms with van der Waals surface area (Å²) >= 11 is 6.26. The molecule has 1 aromatic heterocycles. The Morgan fingerprint density at radius 1 is 1.22 bits per heavy atom. The molecule has 18 heavy (non-hydrogen) atoms. The number of halogens is 3. The number of benzene rings is 1. The minimum atomic E-state index is -2.45. The van der Waals surface area contributed by atoms with Gasteiger partial charge in [-0.1, -0.05) is 35.5 Å². The maximum absolute atomic E-state index is 12.4. The van der Waals surface area contributed by atoms with Gasteiger partial charge in [-0.3, -0.25) is 0 Å². The van der Waals surface area contributed by atoms with Gasteiger partial charge >= 0.3 is 0 Å². The van der Waals surface area contributed by atoms with E-state index in [2.05, 4.69) is 10.3 Å². The van der Waals surface area contributed by atoms with Crippen LogP contribution in [-0.4, -0.2) is 10.7 Å². The number of thioether (sulfide) groups is 1. The van der Waals surface area contributed by atoms with E-state index in [4.69, 9.17) is 11.6 Å². The predicted octanol–water partition coefficient (Wildman–Crippen LogP) is 4.79. The molecule has 0 unspecified atom stereocenters. The van der Waals surface area contributed by atoms with Gasteiger partial charge in [0.15, 0.2) is 0 Å². The molecular formula is C12H9ClF2N2S. The summed E-state index contributed by atoms with van der Waals surface area (Å²) in [6, 6.07) is 10.2. The standard InChI is InChI=1S/C12H9ClF2N2S/c13-11-7-8(5-6-16-11)17-9-3-1-2-4-10(9)18-12(14)15/h1-7,12H,(H,16,17). The molecule has 0 atom stereocenters. The van der Waals surface area contributed by atoms with Crippen LogP contribution >= 0.6 is 23.4 Å². The van der Waals surface area contributed by atoms with Crippen molar-refractivity contribution < 1.29 is 8.78 Å². The Labute approximate surface area is 112 Å². The number of nitrogens with one attached hydrogen (secondary N) is 1. The number of pyridine rings is 1. The molecule has 0 saturated heterocycles. The van der Waals surface area contributed by atoms with Crippen LogP contribution in [0.25, 0.3) is 0 Å². The van der Waals surface area contributed by atoms with Crippen LogP contribution in [0.4, 0.5) is 20.2 Å². The zero-order chi connectivity index (χ0) is 13.0. The number of aromatic nitrogens is 1. The van der Waals surface area contributed by atoms with Gasteiger partial charge in [0.2, 0.25) is 0 Å². The van der Waals surface area contributed by atoms with Crippen molar-refractivity contribution in [2.45, 2.75) is 10.7 Å². The van der Waals surface area contributed by atoms with Crippen LogP contribution in [0.15, 0.2) is 47.5 Å². The van der Waals surface area contributed by atoms with Crippen molar-refractivity contribution in [2.24, 2.45) is 0 Å². The Morgan fingerprint density at radius 3 is 2.72 bits per heavy atom. The number of rotatable bonds is 4. The Kier molecular flexibility index (Phi) is 4.38. The fraction of sp³-hybridized carbons (Fsp3) is 0.0833. The van der Waals surface area contributed by atoms with Gasteiger partial charge in [-0.15, -0.1) is 0 Å². The number of alkyl halides is 2. The summed E-state index contributed by atoms with van der Waals surface area (Å²) in [6.45, 7) is 0. The van der Waals surface area contributed by atoms with E-state index in [9.17, 15) is 8.78 Å². The second-order valence-electron chi connectivity index (χ2n) is 3.37. The average molecular weight is 287 g/mol. The van der Waals surface area contributed by atoms with Crippen molar-refractivity contribution in [1.29, 1.82) is 0 Å². The number of anilines is 2. The third-order valence-corrected chi connectivity index (χ3v) is 3.10. The number of nitrogens with zero attached hydrogens (tertiary/aromatic N) is 1. The van der Waals surface area contributed by atoms with Crippen LogP contribution in [0.2, 0.25) is 5.15 Å². The van der Waals surface area contributed by atoms with E-state index < -0.39 is 5.76 Å². The second-order valence-corrected chi connectivity index (χ2v) is 4.79.